The molecule has 1 nitrogen and oxygen atoms in total. The van der Waals surface area contributed by atoms with Crippen molar-refractivity contribution < 1.29 is 4.39 Å². The van der Waals surface area contributed by atoms with Crippen LogP contribution in [0.4, 0.5) is 4.39 Å². The third kappa shape index (κ3) is 4.32. The van der Waals surface area contributed by atoms with Gasteiger partial charge in [-0.15, -0.1) is 0 Å². The molecule has 2 rings (SSSR count). The van der Waals surface area contributed by atoms with E-state index in [2.05, 4.69) is 25.7 Å². The first-order valence-electron chi connectivity index (χ1n) is 8.86. The van der Waals surface area contributed by atoms with E-state index in [4.69, 9.17) is 0 Å². The molecule has 0 radical (unpaired) electrons. The molecule has 1 atom stereocenters. The maximum atomic E-state index is 14.4. The minimum Gasteiger partial charge on any atom is -0.371 e. The summed E-state index contributed by atoms with van der Waals surface area (Å²) in [5.74, 6) is 0.400. The van der Waals surface area contributed by atoms with Gasteiger partial charge in [-0.2, -0.15) is 0 Å². The van der Waals surface area contributed by atoms with E-state index < -0.39 is 0 Å². The zero-order valence-corrected chi connectivity index (χ0v) is 15.8. The Hall–Kier alpha value is -1.48. The van der Waals surface area contributed by atoms with E-state index in [1.54, 1.807) is 6.07 Å². The Morgan fingerprint density at radius 2 is 1.96 bits per heavy atom. The summed E-state index contributed by atoms with van der Waals surface area (Å²) >= 11 is 1.81. The number of allylic oxidation sites excluding steroid dienone is 3. The normalized spacial score (nSPS) is 17.8. The van der Waals surface area contributed by atoms with Gasteiger partial charge in [0.05, 0.1) is 11.1 Å². The highest BCUT2D eigenvalue weighted by Crippen LogP contribution is 2.44. The molecule has 1 unspecified atom stereocenters. The average Bonchev–Trinajstić information content (AvgIpc) is 3.00. The number of hydrogen-bond donors (Lipinski definition) is 1. The van der Waals surface area contributed by atoms with Crippen LogP contribution >= 0.6 is 11.8 Å². The molecule has 0 amide bonds. The van der Waals surface area contributed by atoms with Crippen LogP contribution in [0, 0.1) is 11.7 Å². The highest BCUT2D eigenvalue weighted by molar-refractivity contribution is 8.04. The smallest absolute Gasteiger partial charge is 0.132 e. The number of hydrogen-bond acceptors (Lipinski definition) is 2. The Morgan fingerprint density at radius 1 is 1.29 bits per heavy atom. The van der Waals surface area contributed by atoms with Crippen molar-refractivity contribution in [1.29, 1.82) is 0 Å². The first-order valence-corrected chi connectivity index (χ1v) is 9.74. The van der Waals surface area contributed by atoms with Gasteiger partial charge in [0.25, 0.3) is 0 Å². The Bertz CT molecular complexity index is 626. The molecule has 1 aliphatic heterocycles. The second kappa shape index (κ2) is 9.12. The van der Waals surface area contributed by atoms with Gasteiger partial charge in [-0.3, -0.25) is 0 Å². The monoisotopic (exact) mass is 345 g/mol. The van der Waals surface area contributed by atoms with E-state index in [1.807, 2.05) is 43.0 Å². The molecular formula is C21H28FNS. The van der Waals surface area contributed by atoms with Crippen LogP contribution in [0.15, 0.2) is 53.5 Å². The highest BCUT2D eigenvalue weighted by atomic mass is 32.2. The Kier molecular flexibility index (Phi) is 7.16. The number of nitrogens with one attached hydrogen (secondary N) is 1. The van der Waals surface area contributed by atoms with Gasteiger partial charge in [0.15, 0.2) is 0 Å². The Labute approximate surface area is 150 Å². The first kappa shape index (κ1) is 18.9. The maximum absolute atomic E-state index is 14.4. The summed E-state index contributed by atoms with van der Waals surface area (Å²) in [4.78, 5) is 1.07. The molecule has 1 aromatic rings. The molecule has 0 aliphatic carbocycles. The second-order valence-corrected chi connectivity index (χ2v) is 7.38. The molecule has 3 heteroatoms. The molecule has 0 saturated heterocycles. The number of halogens is 1. The minimum absolute atomic E-state index is 0.186. The third-order valence-electron chi connectivity index (χ3n) is 4.31. The Balaban J connectivity index is 2.36. The van der Waals surface area contributed by atoms with Crippen molar-refractivity contribution in [3.05, 3.63) is 64.9 Å². The van der Waals surface area contributed by atoms with Gasteiger partial charge in [0.2, 0.25) is 0 Å². The molecule has 1 aliphatic rings. The fourth-order valence-electron chi connectivity index (χ4n) is 3.20. The van der Waals surface area contributed by atoms with Crippen LogP contribution in [0.3, 0.4) is 0 Å². The second-order valence-electron chi connectivity index (χ2n) is 6.23. The lowest BCUT2D eigenvalue weighted by molar-refractivity contribution is 0.411. The molecule has 1 heterocycles. The van der Waals surface area contributed by atoms with Gasteiger partial charge >= 0.3 is 0 Å². The summed E-state index contributed by atoms with van der Waals surface area (Å²) in [7, 11) is 0. The van der Waals surface area contributed by atoms with Crippen LogP contribution in [0.5, 0.6) is 0 Å². The van der Waals surface area contributed by atoms with Gasteiger partial charge in [-0.25, -0.2) is 4.39 Å². The average molecular weight is 346 g/mol. The lowest BCUT2D eigenvalue weighted by Gasteiger charge is -2.23. The van der Waals surface area contributed by atoms with E-state index in [-0.39, 0.29) is 11.2 Å². The molecule has 0 fully saturated rings. The summed E-state index contributed by atoms with van der Waals surface area (Å²) in [5, 5.41) is 3.90. The van der Waals surface area contributed by atoms with Gasteiger partial charge in [0, 0.05) is 10.5 Å². The first-order chi connectivity index (χ1) is 11.6. The highest BCUT2D eigenvalue weighted by Gasteiger charge is 2.32. The maximum Gasteiger partial charge on any atom is 0.132 e. The topological polar surface area (TPSA) is 12.0 Å². The molecular weight excluding hydrogens is 317 g/mol. The number of rotatable bonds is 8. The zero-order chi connectivity index (χ0) is 17.5. The van der Waals surface area contributed by atoms with Gasteiger partial charge < -0.3 is 5.32 Å². The van der Waals surface area contributed by atoms with Gasteiger partial charge in [-0.05, 0) is 43.4 Å². The molecule has 1 aromatic carbocycles. The van der Waals surface area contributed by atoms with Crippen molar-refractivity contribution in [2.45, 2.75) is 51.8 Å². The van der Waals surface area contributed by atoms with E-state index in [9.17, 15) is 4.39 Å². The quantitative estimate of drug-likeness (QED) is 0.539. The van der Waals surface area contributed by atoms with E-state index >= 15 is 0 Å². The summed E-state index contributed by atoms with van der Waals surface area (Å²) < 4.78 is 14.4. The number of thioether (sulfide) groups is 1. The van der Waals surface area contributed by atoms with E-state index in [0.717, 1.165) is 16.2 Å². The molecule has 0 bridgehead atoms. The lowest BCUT2D eigenvalue weighted by Crippen LogP contribution is -2.28. The van der Waals surface area contributed by atoms with Crippen molar-refractivity contribution in [1.82, 2.24) is 5.32 Å². The fraction of sp³-hybridized carbons (Fsp3) is 0.429. The predicted molar refractivity (Wildman–Crippen MR) is 105 cm³/mol. The number of benzene rings is 1. The minimum atomic E-state index is -0.186. The van der Waals surface area contributed by atoms with Crippen molar-refractivity contribution in [2.75, 3.05) is 0 Å². The largest absolute Gasteiger partial charge is 0.371 e. The standard InChI is InChI=1S/C21H28FNS/c1-5-10-15(4)20-19(17-13-8-9-14-18(17)22)23-21(24-20)16(11-6-2)12-7-3/h5,8-10,13-14,16,21,23H,4,6-7,11-12H2,1-3H3/b10-5-. The molecule has 24 heavy (non-hydrogen) atoms. The molecule has 0 spiro atoms. The van der Waals surface area contributed by atoms with E-state index in [1.165, 1.54) is 31.7 Å². The lowest BCUT2D eigenvalue weighted by atomic mass is 9.97. The molecule has 0 saturated carbocycles. The summed E-state index contributed by atoms with van der Waals surface area (Å²) in [6.45, 7) is 10.6. The van der Waals surface area contributed by atoms with Crippen LogP contribution in [-0.2, 0) is 0 Å². The van der Waals surface area contributed by atoms with Crippen molar-refractivity contribution in [3.8, 4) is 0 Å². The van der Waals surface area contributed by atoms with Crippen LogP contribution in [0.25, 0.3) is 5.70 Å². The van der Waals surface area contributed by atoms with Crippen LogP contribution < -0.4 is 5.32 Å². The fourth-order valence-corrected chi connectivity index (χ4v) is 4.60. The van der Waals surface area contributed by atoms with Crippen LogP contribution in [0.2, 0.25) is 0 Å². The van der Waals surface area contributed by atoms with Crippen molar-refractivity contribution in [3.63, 3.8) is 0 Å². The van der Waals surface area contributed by atoms with Crippen LogP contribution in [0.1, 0.15) is 52.0 Å². The summed E-state index contributed by atoms with van der Waals surface area (Å²) in [5.41, 5.74) is 2.48. The Morgan fingerprint density at radius 3 is 2.54 bits per heavy atom. The predicted octanol–water partition coefficient (Wildman–Crippen LogP) is 6.51. The van der Waals surface area contributed by atoms with Gasteiger partial charge in [0.1, 0.15) is 5.82 Å². The summed E-state index contributed by atoms with van der Waals surface area (Å²) in [6.07, 6.45) is 8.70. The molecule has 0 aromatic heterocycles. The van der Waals surface area contributed by atoms with Gasteiger partial charge in [-0.1, -0.05) is 69.3 Å². The third-order valence-corrected chi connectivity index (χ3v) is 5.77. The summed E-state index contributed by atoms with van der Waals surface area (Å²) in [6, 6.07) is 6.99. The molecule has 1 N–H and O–H groups in total. The SMILES string of the molecule is C=C(/C=C\C)C1=C(c2ccccc2F)NC(C(CCC)CCC)S1. The molecule has 130 valence electrons. The van der Waals surface area contributed by atoms with Crippen molar-refractivity contribution >= 4 is 17.5 Å². The van der Waals surface area contributed by atoms with Crippen LogP contribution in [-0.4, -0.2) is 5.37 Å². The van der Waals surface area contributed by atoms with Crippen molar-refractivity contribution in [2.24, 2.45) is 5.92 Å². The zero-order valence-electron chi connectivity index (χ0n) is 14.9. The van der Waals surface area contributed by atoms with E-state index in [0.29, 0.717) is 11.5 Å².